The molecular formula is C16H18FN3O3. The van der Waals surface area contributed by atoms with E-state index in [9.17, 15) is 18.8 Å². The number of para-hydroxylation sites is 1. The summed E-state index contributed by atoms with van der Waals surface area (Å²) < 4.78 is 13.9. The van der Waals surface area contributed by atoms with Crippen LogP contribution in [-0.4, -0.2) is 41.8 Å². The van der Waals surface area contributed by atoms with Crippen LogP contribution in [0.4, 0.5) is 10.1 Å². The number of carbonyl (C=O) groups excluding carboxylic acids is 3. The number of hydrogen-bond donors (Lipinski definition) is 1. The summed E-state index contributed by atoms with van der Waals surface area (Å²) in [6.45, 7) is 1.06. The zero-order valence-electron chi connectivity index (χ0n) is 12.6. The van der Waals surface area contributed by atoms with Crippen LogP contribution in [0.2, 0.25) is 0 Å². The molecule has 7 heteroatoms. The minimum Gasteiger partial charge on any atom is -0.369 e. The number of likely N-dealkylation sites (tertiary alicyclic amines) is 1. The fraction of sp³-hybridized carbons (Fsp3) is 0.438. The van der Waals surface area contributed by atoms with E-state index in [1.165, 1.54) is 18.2 Å². The molecule has 122 valence electrons. The zero-order chi connectivity index (χ0) is 16.6. The van der Waals surface area contributed by atoms with Gasteiger partial charge < -0.3 is 5.73 Å². The van der Waals surface area contributed by atoms with Crippen molar-refractivity contribution in [2.45, 2.75) is 25.3 Å². The van der Waals surface area contributed by atoms with Crippen molar-refractivity contribution < 1.29 is 18.8 Å². The summed E-state index contributed by atoms with van der Waals surface area (Å²) in [4.78, 5) is 38.8. The molecule has 1 aromatic carbocycles. The lowest BCUT2D eigenvalue weighted by Gasteiger charge is -2.33. The summed E-state index contributed by atoms with van der Waals surface area (Å²) in [5, 5.41) is 0. The summed E-state index contributed by atoms with van der Waals surface area (Å²) in [6, 6.07) is 5.16. The largest absolute Gasteiger partial charge is 0.369 e. The highest BCUT2D eigenvalue weighted by molar-refractivity contribution is 6.22. The molecule has 0 saturated carbocycles. The highest BCUT2D eigenvalue weighted by Gasteiger charge is 2.44. The number of carbonyl (C=O) groups is 3. The molecule has 0 aliphatic carbocycles. The van der Waals surface area contributed by atoms with E-state index in [0.717, 1.165) is 4.90 Å². The fourth-order valence-corrected chi connectivity index (χ4v) is 3.28. The van der Waals surface area contributed by atoms with Crippen LogP contribution in [0.1, 0.15) is 19.3 Å². The number of piperidine rings is 1. The predicted molar refractivity (Wildman–Crippen MR) is 80.8 cm³/mol. The van der Waals surface area contributed by atoms with E-state index in [1.54, 1.807) is 6.07 Å². The first-order chi connectivity index (χ1) is 11.0. The molecule has 23 heavy (non-hydrogen) atoms. The monoisotopic (exact) mass is 319 g/mol. The Morgan fingerprint density at radius 3 is 2.43 bits per heavy atom. The van der Waals surface area contributed by atoms with Crippen LogP contribution in [0.3, 0.4) is 0 Å². The third-order valence-electron chi connectivity index (χ3n) is 4.59. The fourth-order valence-electron chi connectivity index (χ4n) is 3.28. The first-order valence-electron chi connectivity index (χ1n) is 7.63. The Hall–Kier alpha value is -2.28. The van der Waals surface area contributed by atoms with Gasteiger partial charge >= 0.3 is 0 Å². The van der Waals surface area contributed by atoms with E-state index in [0.29, 0.717) is 25.9 Å². The van der Waals surface area contributed by atoms with Gasteiger partial charge in [-0.15, -0.1) is 0 Å². The van der Waals surface area contributed by atoms with Crippen LogP contribution in [0.5, 0.6) is 0 Å². The second kappa shape index (κ2) is 6.08. The molecule has 3 amide bonds. The average Bonchev–Trinajstić information content (AvgIpc) is 2.83. The van der Waals surface area contributed by atoms with Gasteiger partial charge in [0, 0.05) is 5.92 Å². The molecule has 2 aliphatic heterocycles. The summed E-state index contributed by atoms with van der Waals surface area (Å²) in [7, 11) is 0. The number of hydrogen-bond acceptors (Lipinski definition) is 4. The molecule has 3 rings (SSSR count). The Kier molecular flexibility index (Phi) is 4.12. The number of nitrogens with two attached hydrogens (primary N) is 1. The Balaban J connectivity index is 1.75. The maximum absolute atomic E-state index is 13.9. The van der Waals surface area contributed by atoms with Gasteiger partial charge in [-0.2, -0.15) is 0 Å². The first kappa shape index (κ1) is 15.6. The summed E-state index contributed by atoms with van der Waals surface area (Å²) in [5.41, 5.74) is 5.30. The Labute approximate surface area is 133 Å². The number of nitrogens with zero attached hydrogens (tertiary/aromatic N) is 2. The van der Waals surface area contributed by atoms with Gasteiger partial charge in [0.25, 0.3) is 5.91 Å². The molecule has 2 saturated heterocycles. The molecule has 1 aromatic rings. The first-order valence-corrected chi connectivity index (χ1v) is 7.63. The van der Waals surface area contributed by atoms with E-state index < -0.39 is 23.7 Å². The average molecular weight is 319 g/mol. The molecule has 0 bridgehead atoms. The van der Waals surface area contributed by atoms with Crippen molar-refractivity contribution >= 4 is 23.4 Å². The third kappa shape index (κ3) is 2.84. The summed E-state index contributed by atoms with van der Waals surface area (Å²) in [5.74, 6) is -1.91. The van der Waals surface area contributed by atoms with Gasteiger partial charge in [0.15, 0.2) is 0 Å². The van der Waals surface area contributed by atoms with E-state index >= 15 is 0 Å². The number of primary amides is 1. The van der Waals surface area contributed by atoms with Crippen LogP contribution in [0.25, 0.3) is 0 Å². The predicted octanol–water partition coefficient (Wildman–Crippen LogP) is 0.655. The number of halogens is 1. The smallest absolute Gasteiger partial charge is 0.251 e. The highest BCUT2D eigenvalue weighted by Crippen LogP contribution is 2.29. The molecule has 2 fully saturated rings. The quantitative estimate of drug-likeness (QED) is 0.829. The molecular weight excluding hydrogens is 301 g/mol. The van der Waals surface area contributed by atoms with E-state index in [2.05, 4.69) is 0 Å². The van der Waals surface area contributed by atoms with Crippen molar-refractivity contribution in [1.82, 2.24) is 4.90 Å². The Morgan fingerprint density at radius 2 is 1.83 bits per heavy atom. The molecule has 2 heterocycles. The van der Waals surface area contributed by atoms with Crippen molar-refractivity contribution in [3.05, 3.63) is 30.1 Å². The summed E-state index contributed by atoms with van der Waals surface area (Å²) >= 11 is 0. The van der Waals surface area contributed by atoms with Crippen LogP contribution >= 0.6 is 0 Å². The molecule has 1 atom stereocenters. The van der Waals surface area contributed by atoms with Crippen molar-refractivity contribution in [1.29, 1.82) is 0 Å². The van der Waals surface area contributed by atoms with E-state index in [-0.39, 0.29) is 23.9 Å². The maximum Gasteiger partial charge on any atom is 0.251 e. The van der Waals surface area contributed by atoms with Crippen LogP contribution < -0.4 is 10.6 Å². The van der Waals surface area contributed by atoms with Gasteiger partial charge in [0.2, 0.25) is 11.8 Å². The van der Waals surface area contributed by atoms with Crippen LogP contribution in [0.15, 0.2) is 24.3 Å². The Morgan fingerprint density at radius 1 is 1.17 bits per heavy atom. The maximum atomic E-state index is 13.9. The summed E-state index contributed by atoms with van der Waals surface area (Å²) in [6.07, 6.45) is 1.19. The SMILES string of the molecule is NC(=O)C1CCN(C2CC(=O)N(c3ccccc3F)C2=O)CC1. The van der Waals surface area contributed by atoms with Gasteiger partial charge in [0.1, 0.15) is 5.82 Å². The van der Waals surface area contributed by atoms with Gasteiger partial charge in [0.05, 0.1) is 18.2 Å². The highest BCUT2D eigenvalue weighted by atomic mass is 19.1. The van der Waals surface area contributed by atoms with E-state index in [4.69, 9.17) is 5.73 Å². The molecule has 0 aromatic heterocycles. The molecule has 2 N–H and O–H groups in total. The van der Waals surface area contributed by atoms with Gasteiger partial charge in [-0.3, -0.25) is 19.3 Å². The second-order valence-electron chi connectivity index (χ2n) is 5.95. The molecule has 2 aliphatic rings. The van der Waals surface area contributed by atoms with Gasteiger partial charge in [-0.25, -0.2) is 9.29 Å². The lowest BCUT2D eigenvalue weighted by molar-refractivity contribution is -0.124. The standard InChI is InChI=1S/C16H18FN3O3/c17-11-3-1-2-4-12(11)20-14(21)9-13(16(20)23)19-7-5-10(6-8-19)15(18)22/h1-4,10,13H,5-9H2,(H2,18,22). The third-order valence-corrected chi connectivity index (χ3v) is 4.59. The number of amides is 3. The topological polar surface area (TPSA) is 83.7 Å². The molecule has 6 nitrogen and oxygen atoms in total. The lowest BCUT2D eigenvalue weighted by atomic mass is 9.95. The molecule has 0 radical (unpaired) electrons. The number of rotatable bonds is 3. The van der Waals surface area contributed by atoms with Crippen molar-refractivity contribution in [3.8, 4) is 0 Å². The zero-order valence-corrected chi connectivity index (χ0v) is 12.6. The van der Waals surface area contributed by atoms with Crippen molar-refractivity contribution in [3.63, 3.8) is 0 Å². The van der Waals surface area contributed by atoms with Crippen molar-refractivity contribution in [2.75, 3.05) is 18.0 Å². The number of imide groups is 1. The minimum atomic E-state index is -0.595. The number of benzene rings is 1. The lowest BCUT2D eigenvalue weighted by Crippen LogP contribution is -2.47. The van der Waals surface area contributed by atoms with Gasteiger partial charge in [-0.1, -0.05) is 12.1 Å². The normalized spacial score (nSPS) is 23.5. The molecule has 1 unspecified atom stereocenters. The van der Waals surface area contributed by atoms with E-state index in [1.807, 2.05) is 4.90 Å². The Bertz CT molecular complexity index is 656. The van der Waals surface area contributed by atoms with Gasteiger partial charge in [-0.05, 0) is 38.1 Å². The van der Waals surface area contributed by atoms with Crippen molar-refractivity contribution in [2.24, 2.45) is 11.7 Å². The molecule has 0 spiro atoms. The minimum absolute atomic E-state index is 0.00276. The van der Waals surface area contributed by atoms with Crippen LogP contribution in [-0.2, 0) is 14.4 Å². The number of anilines is 1. The van der Waals surface area contributed by atoms with Crippen LogP contribution in [0, 0.1) is 11.7 Å². The second-order valence-corrected chi connectivity index (χ2v) is 5.95.